The number of hydrogen-bond donors (Lipinski definition) is 2. The van der Waals surface area contributed by atoms with Crippen LogP contribution in [0.1, 0.15) is 44.9 Å². The van der Waals surface area contributed by atoms with E-state index >= 15 is 0 Å². The second-order valence-electron chi connectivity index (χ2n) is 4.74. The number of amidine groups is 1. The molecule has 16 heavy (non-hydrogen) atoms. The summed E-state index contributed by atoms with van der Waals surface area (Å²) in [6.45, 7) is 0.667. The SMILES string of the molecule is NCC1(CC2=NS(=O)ON2)CCCCCC1. The van der Waals surface area contributed by atoms with E-state index in [0.29, 0.717) is 12.4 Å². The summed E-state index contributed by atoms with van der Waals surface area (Å²) in [5, 5.41) is 0. The Kier molecular flexibility index (Phi) is 3.94. The minimum absolute atomic E-state index is 0.125. The standard InChI is InChI=1S/C10H19N3O2S/c11-8-10(5-3-1-2-4-6-10)7-9-12-15-16(14)13-9/h1-8,11H2,(H,12,13). The van der Waals surface area contributed by atoms with Crippen molar-refractivity contribution < 1.29 is 8.49 Å². The Morgan fingerprint density at radius 2 is 2.06 bits per heavy atom. The van der Waals surface area contributed by atoms with Gasteiger partial charge in [0.15, 0.2) is 0 Å². The Morgan fingerprint density at radius 3 is 2.56 bits per heavy atom. The molecule has 2 aliphatic rings. The summed E-state index contributed by atoms with van der Waals surface area (Å²) >= 11 is -1.55. The van der Waals surface area contributed by atoms with Crippen molar-refractivity contribution in [1.82, 2.24) is 5.48 Å². The molecular weight excluding hydrogens is 226 g/mol. The zero-order valence-electron chi connectivity index (χ0n) is 9.41. The molecule has 0 spiro atoms. The Labute approximate surface area is 98.6 Å². The summed E-state index contributed by atoms with van der Waals surface area (Å²) < 4.78 is 19.6. The first-order valence-electron chi connectivity index (χ1n) is 5.87. The molecule has 1 atom stereocenters. The lowest BCUT2D eigenvalue weighted by Gasteiger charge is -2.30. The van der Waals surface area contributed by atoms with Crippen molar-refractivity contribution >= 4 is 17.1 Å². The van der Waals surface area contributed by atoms with Gasteiger partial charge in [-0.15, -0.1) is 4.40 Å². The molecule has 3 N–H and O–H groups in total. The van der Waals surface area contributed by atoms with Crippen LogP contribution in [0.15, 0.2) is 4.40 Å². The molecule has 92 valence electrons. The number of hydroxylamine groups is 1. The maximum absolute atomic E-state index is 11.0. The summed E-state index contributed by atoms with van der Waals surface area (Å²) in [4.78, 5) is 0. The molecule has 5 nitrogen and oxygen atoms in total. The molecular formula is C10H19N3O2S. The molecule has 2 rings (SSSR count). The van der Waals surface area contributed by atoms with Gasteiger partial charge in [0.2, 0.25) is 0 Å². The number of nitrogens with one attached hydrogen (secondary N) is 1. The zero-order chi connectivity index (χ0) is 11.4. The molecule has 1 saturated carbocycles. The summed E-state index contributed by atoms with van der Waals surface area (Å²) in [5.41, 5.74) is 8.67. The Balaban J connectivity index is 2.02. The smallest absolute Gasteiger partial charge is 0.309 e. The first-order valence-corrected chi connectivity index (χ1v) is 6.90. The monoisotopic (exact) mass is 245 g/mol. The number of rotatable bonds is 3. The summed E-state index contributed by atoms with van der Waals surface area (Å²) in [6.07, 6.45) is 8.08. The molecule has 6 heteroatoms. The van der Waals surface area contributed by atoms with Crippen LogP contribution in [0.5, 0.6) is 0 Å². The first-order chi connectivity index (χ1) is 7.74. The quantitative estimate of drug-likeness (QED) is 0.732. The van der Waals surface area contributed by atoms with Crippen molar-refractivity contribution in [3.8, 4) is 0 Å². The van der Waals surface area contributed by atoms with Crippen LogP contribution in [0.3, 0.4) is 0 Å². The van der Waals surface area contributed by atoms with Crippen molar-refractivity contribution in [2.45, 2.75) is 44.9 Å². The van der Waals surface area contributed by atoms with Gasteiger partial charge in [-0.2, -0.15) is 4.28 Å². The largest absolute Gasteiger partial charge is 0.330 e. The van der Waals surface area contributed by atoms with Gasteiger partial charge >= 0.3 is 11.3 Å². The van der Waals surface area contributed by atoms with Crippen LogP contribution in [-0.2, 0) is 15.6 Å². The van der Waals surface area contributed by atoms with Crippen LogP contribution >= 0.6 is 0 Å². The van der Waals surface area contributed by atoms with Gasteiger partial charge in [-0.1, -0.05) is 25.7 Å². The average molecular weight is 245 g/mol. The molecule has 1 aliphatic heterocycles. The van der Waals surface area contributed by atoms with Gasteiger partial charge in [-0.05, 0) is 24.8 Å². The predicted molar refractivity (Wildman–Crippen MR) is 63.6 cm³/mol. The first kappa shape index (κ1) is 12.0. The minimum atomic E-state index is -1.55. The van der Waals surface area contributed by atoms with E-state index in [1.807, 2.05) is 0 Å². The topological polar surface area (TPSA) is 76.7 Å². The lowest BCUT2D eigenvalue weighted by molar-refractivity contribution is 0.249. The third-order valence-electron chi connectivity index (χ3n) is 3.56. The fraction of sp³-hybridized carbons (Fsp3) is 0.900. The highest BCUT2D eigenvalue weighted by atomic mass is 32.2. The third-order valence-corrected chi connectivity index (χ3v) is 4.15. The fourth-order valence-electron chi connectivity index (χ4n) is 2.57. The average Bonchev–Trinajstić information content (AvgIpc) is 2.54. The van der Waals surface area contributed by atoms with Crippen molar-refractivity contribution in [3.05, 3.63) is 0 Å². The van der Waals surface area contributed by atoms with Crippen LogP contribution in [0.2, 0.25) is 0 Å². The number of hydrogen-bond acceptors (Lipinski definition) is 4. The highest BCUT2D eigenvalue weighted by Crippen LogP contribution is 2.37. The Bertz CT molecular complexity index is 298. The van der Waals surface area contributed by atoms with Gasteiger partial charge in [0.1, 0.15) is 5.84 Å². The van der Waals surface area contributed by atoms with E-state index in [1.165, 1.54) is 25.7 Å². The number of nitrogens with two attached hydrogens (primary N) is 1. The molecule has 0 aromatic rings. The Hall–Kier alpha value is -0.460. The summed E-state index contributed by atoms with van der Waals surface area (Å²) in [6, 6.07) is 0. The molecule has 0 aromatic carbocycles. The maximum atomic E-state index is 11.0. The molecule has 0 amide bonds. The van der Waals surface area contributed by atoms with Gasteiger partial charge in [-0.25, -0.2) is 9.69 Å². The third kappa shape index (κ3) is 2.81. The second-order valence-corrected chi connectivity index (χ2v) is 5.52. The summed E-state index contributed by atoms with van der Waals surface area (Å²) in [5.74, 6) is 0.686. The van der Waals surface area contributed by atoms with Crippen LogP contribution < -0.4 is 11.2 Å². The molecule has 0 saturated heterocycles. The van der Waals surface area contributed by atoms with Crippen LogP contribution in [0.4, 0.5) is 0 Å². The normalized spacial score (nSPS) is 29.3. The van der Waals surface area contributed by atoms with Crippen molar-refractivity contribution in [2.75, 3.05) is 6.54 Å². The van der Waals surface area contributed by atoms with Gasteiger partial charge < -0.3 is 5.73 Å². The van der Waals surface area contributed by atoms with E-state index in [4.69, 9.17) is 10.0 Å². The van der Waals surface area contributed by atoms with E-state index in [9.17, 15) is 4.21 Å². The summed E-state index contributed by atoms with van der Waals surface area (Å²) in [7, 11) is 0. The zero-order valence-corrected chi connectivity index (χ0v) is 10.2. The molecule has 1 heterocycles. The highest BCUT2D eigenvalue weighted by Gasteiger charge is 2.32. The highest BCUT2D eigenvalue weighted by molar-refractivity contribution is 7.79. The predicted octanol–water partition coefficient (Wildman–Crippen LogP) is 1.19. The van der Waals surface area contributed by atoms with Crippen molar-refractivity contribution in [2.24, 2.45) is 15.5 Å². The Morgan fingerprint density at radius 1 is 1.38 bits per heavy atom. The molecule has 1 unspecified atom stereocenters. The molecule has 0 bridgehead atoms. The maximum Gasteiger partial charge on any atom is 0.309 e. The van der Waals surface area contributed by atoms with Gasteiger partial charge in [0, 0.05) is 6.42 Å². The van der Waals surface area contributed by atoms with E-state index in [1.54, 1.807) is 0 Å². The van der Waals surface area contributed by atoms with Crippen LogP contribution in [-0.4, -0.2) is 16.6 Å². The fourth-order valence-corrected chi connectivity index (χ4v) is 3.05. The lowest BCUT2D eigenvalue weighted by Crippen LogP contribution is -2.35. The van der Waals surface area contributed by atoms with Gasteiger partial charge in [-0.3, -0.25) is 0 Å². The molecule has 1 aliphatic carbocycles. The molecule has 0 radical (unpaired) electrons. The second kappa shape index (κ2) is 5.25. The van der Waals surface area contributed by atoms with Crippen molar-refractivity contribution in [3.63, 3.8) is 0 Å². The van der Waals surface area contributed by atoms with E-state index in [0.717, 1.165) is 19.3 Å². The van der Waals surface area contributed by atoms with E-state index in [2.05, 4.69) is 9.88 Å². The molecule has 1 fully saturated rings. The van der Waals surface area contributed by atoms with Gasteiger partial charge in [0.05, 0.1) is 0 Å². The van der Waals surface area contributed by atoms with Crippen LogP contribution in [0, 0.1) is 5.41 Å². The minimum Gasteiger partial charge on any atom is -0.330 e. The lowest BCUT2D eigenvalue weighted by atomic mass is 9.77. The number of nitrogens with zero attached hydrogens (tertiary/aromatic N) is 1. The molecule has 0 aromatic heterocycles. The van der Waals surface area contributed by atoms with E-state index in [-0.39, 0.29) is 5.41 Å². The van der Waals surface area contributed by atoms with Crippen LogP contribution in [0.25, 0.3) is 0 Å². The van der Waals surface area contributed by atoms with Crippen molar-refractivity contribution in [1.29, 1.82) is 0 Å². The van der Waals surface area contributed by atoms with Gasteiger partial charge in [0.25, 0.3) is 0 Å². The van der Waals surface area contributed by atoms with E-state index < -0.39 is 11.3 Å².